The SMILES string of the molecule is CNC(=O)c1cc(CCl)nn2c(C)c(C(F)(F)F)nc12. The van der Waals surface area contributed by atoms with Crippen LogP contribution < -0.4 is 5.32 Å². The lowest BCUT2D eigenvalue weighted by Crippen LogP contribution is -2.20. The van der Waals surface area contributed by atoms with Crippen LogP contribution in [0.5, 0.6) is 0 Å². The second-order valence-electron chi connectivity index (χ2n) is 4.04. The van der Waals surface area contributed by atoms with Gasteiger partial charge in [0.05, 0.1) is 22.8 Å². The number of halogens is 4. The standard InChI is InChI=1S/C11H10ClF3N4O/c1-5-8(11(13,14)15)17-9-7(10(20)16-2)3-6(4-12)18-19(5)9/h3H,4H2,1-2H3,(H,16,20). The van der Waals surface area contributed by atoms with Gasteiger partial charge in [-0.2, -0.15) is 18.3 Å². The maximum Gasteiger partial charge on any atom is 0.435 e. The first kappa shape index (κ1) is 14.6. The minimum atomic E-state index is -4.61. The van der Waals surface area contributed by atoms with E-state index in [-0.39, 0.29) is 28.5 Å². The van der Waals surface area contributed by atoms with E-state index in [4.69, 9.17) is 11.6 Å². The second kappa shape index (κ2) is 4.93. The van der Waals surface area contributed by atoms with Crippen LogP contribution >= 0.6 is 11.6 Å². The van der Waals surface area contributed by atoms with Crippen molar-refractivity contribution in [3.8, 4) is 0 Å². The smallest absolute Gasteiger partial charge is 0.355 e. The van der Waals surface area contributed by atoms with Crippen LogP contribution in [0.25, 0.3) is 5.65 Å². The maximum absolute atomic E-state index is 12.9. The number of hydrogen-bond donors (Lipinski definition) is 1. The Morgan fingerprint density at radius 3 is 2.65 bits per heavy atom. The molecular weight excluding hydrogens is 297 g/mol. The average Bonchev–Trinajstić information content (AvgIpc) is 2.74. The molecule has 0 aliphatic heterocycles. The quantitative estimate of drug-likeness (QED) is 0.865. The number of aromatic nitrogens is 3. The van der Waals surface area contributed by atoms with Crippen LogP contribution in [0.3, 0.4) is 0 Å². The molecule has 0 aromatic carbocycles. The minimum Gasteiger partial charge on any atom is -0.355 e. The molecule has 2 rings (SSSR count). The highest BCUT2D eigenvalue weighted by Crippen LogP contribution is 2.32. The summed E-state index contributed by atoms with van der Waals surface area (Å²) < 4.78 is 39.6. The van der Waals surface area contributed by atoms with Gasteiger partial charge in [-0.25, -0.2) is 9.50 Å². The van der Waals surface area contributed by atoms with E-state index in [0.29, 0.717) is 0 Å². The summed E-state index contributed by atoms with van der Waals surface area (Å²) in [5, 5.41) is 6.29. The number of alkyl halides is 4. The van der Waals surface area contributed by atoms with E-state index in [2.05, 4.69) is 15.4 Å². The number of hydrogen-bond acceptors (Lipinski definition) is 3. The molecule has 0 atom stereocenters. The number of amides is 1. The monoisotopic (exact) mass is 306 g/mol. The number of aryl methyl sites for hydroxylation is 1. The molecule has 0 saturated carbocycles. The number of carbonyl (C=O) groups is 1. The zero-order valence-corrected chi connectivity index (χ0v) is 11.3. The second-order valence-corrected chi connectivity index (χ2v) is 4.31. The van der Waals surface area contributed by atoms with Gasteiger partial charge >= 0.3 is 6.18 Å². The predicted molar refractivity (Wildman–Crippen MR) is 65.7 cm³/mol. The van der Waals surface area contributed by atoms with E-state index in [0.717, 1.165) is 4.52 Å². The molecule has 2 heterocycles. The Bertz CT molecular complexity index is 680. The van der Waals surface area contributed by atoms with Gasteiger partial charge in [0.1, 0.15) is 0 Å². The van der Waals surface area contributed by atoms with Gasteiger partial charge < -0.3 is 5.32 Å². The molecule has 0 bridgehead atoms. The molecule has 108 valence electrons. The first-order valence-corrected chi connectivity index (χ1v) is 6.07. The third kappa shape index (κ3) is 2.31. The minimum absolute atomic E-state index is 0.00301. The van der Waals surface area contributed by atoms with Gasteiger partial charge in [0.25, 0.3) is 5.91 Å². The first-order chi connectivity index (χ1) is 9.29. The lowest BCUT2D eigenvalue weighted by molar-refractivity contribution is -0.141. The van der Waals surface area contributed by atoms with Gasteiger partial charge in [0.2, 0.25) is 0 Å². The van der Waals surface area contributed by atoms with Gasteiger partial charge in [0, 0.05) is 7.05 Å². The highest BCUT2D eigenvalue weighted by Gasteiger charge is 2.37. The number of carbonyl (C=O) groups excluding carboxylic acids is 1. The molecule has 0 saturated heterocycles. The lowest BCUT2D eigenvalue weighted by Gasteiger charge is -2.05. The molecule has 0 fully saturated rings. The molecule has 9 heteroatoms. The molecule has 0 radical (unpaired) electrons. The summed E-state index contributed by atoms with van der Waals surface area (Å²) in [4.78, 5) is 15.2. The normalized spacial score (nSPS) is 11.9. The summed E-state index contributed by atoms with van der Waals surface area (Å²) in [6.07, 6.45) is -4.61. The molecule has 0 spiro atoms. The van der Waals surface area contributed by atoms with Crippen LogP contribution in [0.4, 0.5) is 13.2 Å². The molecule has 2 aromatic rings. The van der Waals surface area contributed by atoms with Crippen molar-refractivity contribution in [3.63, 3.8) is 0 Å². The summed E-state index contributed by atoms with van der Waals surface area (Å²) >= 11 is 5.65. The van der Waals surface area contributed by atoms with Crippen LogP contribution in [-0.4, -0.2) is 27.6 Å². The molecule has 20 heavy (non-hydrogen) atoms. The molecule has 5 nitrogen and oxygen atoms in total. The Hall–Kier alpha value is -1.83. The molecule has 0 aliphatic rings. The van der Waals surface area contributed by atoms with Crippen molar-refractivity contribution < 1.29 is 18.0 Å². The zero-order valence-electron chi connectivity index (χ0n) is 10.5. The zero-order chi connectivity index (χ0) is 15.1. The molecule has 0 unspecified atom stereocenters. The van der Waals surface area contributed by atoms with Gasteiger partial charge in [-0.3, -0.25) is 4.79 Å². The first-order valence-electron chi connectivity index (χ1n) is 5.54. The average molecular weight is 307 g/mol. The molecule has 1 N–H and O–H groups in total. The van der Waals surface area contributed by atoms with Crippen molar-refractivity contribution in [3.05, 3.63) is 28.7 Å². The Morgan fingerprint density at radius 1 is 1.50 bits per heavy atom. The van der Waals surface area contributed by atoms with Crippen LogP contribution in [-0.2, 0) is 12.1 Å². The van der Waals surface area contributed by atoms with Gasteiger partial charge in [-0.15, -0.1) is 11.6 Å². The number of rotatable bonds is 2. The van der Waals surface area contributed by atoms with Crippen LogP contribution in [0.15, 0.2) is 6.07 Å². The lowest BCUT2D eigenvalue weighted by atomic mass is 10.2. The summed E-state index contributed by atoms with van der Waals surface area (Å²) in [6.45, 7) is 1.24. The van der Waals surface area contributed by atoms with E-state index < -0.39 is 17.8 Å². The van der Waals surface area contributed by atoms with Crippen LogP contribution in [0.1, 0.15) is 27.4 Å². The molecule has 1 amide bonds. The predicted octanol–water partition coefficient (Wildman–Crippen LogP) is 2.15. The largest absolute Gasteiger partial charge is 0.435 e. The Morgan fingerprint density at radius 2 is 2.15 bits per heavy atom. The molecular formula is C11H10ClF3N4O. The van der Waals surface area contributed by atoms with Crippen LogP contribution in [0, 0.1) is 6.92 Å². The maximum atomic E-state index is 12.9. The van der Waals surface area contributed by atoms with Crippen molar-refractivity contribution >= 4 is 23.2 Å². The van der Waals surface area contributed by atoms with E-state index in [1.165, 1.54) is 20.0 Å². The fourth-order valence-corrected chi connectivity index (χ4v) is 1.94. The Balaban J connectivity index is 2.83. The van der Waals surface area contributed by atoms with Crippen molar-refractivity contribution in [2.24, 2.45) is 0 Å². The summed E-state index contributed by atoms with van der Waals surface area (Å²) in [7, 11) is 1.38. The summed E-state index contributed by atoms with van der Waals surface area (Å²) in [6, 6.07) is 1.33. The number of fused-ring (bicyclic) bond motifs is 1. The van der Waals surface area contributed by atoms with E-state index in [1.54, 1.807) is 0 Å². The third-order valence-electron chi connectivity index (χ3n) is 2.74. The number of nitrogens with one attached hydrogen (secondary N) is 1. The fourth-order valence-electron chi connectivity index (χ4n) is 1.81. The van der Waals surface area contributed by atoms with Crippen molar-refractivity contribution in [2.45, 2.75) is 19.0 Å². The van der Waals surface area contributed by atoms with Gasteiger partial charge in [-0.1, -0.05) is 0 Å². The highest BCUT2D eigenvalue weighted by molar-refractivity contribution is 6.17. The number of nitrogens with zero attached hydrogens (tertiary/aromatic N) is 3. The third-order valence-corrected chi connectivity index (χ3v) is 3.01. The highest BCUT2D eigenvalue weighted by atomic mass is 35.5. The van der Waals surface area contributed by atoms with Crippen molar-refractivity contribution in [2.75, 3.05) is 7.05 Å². The topological polar surface area (TPSA) is 59.3 Å². The van der Waals surface area contributed by atoms with Crippen molar-refractivity contribution in [1.82, 2.24) is 19.9 Å². The summed E-state index contributed by atoms with van der Waals surface area (Å²) in [5.41, 5.74) is -1.13. The molecule has 2 aromatic heterocycles. The van der Waals surface area contributed by atoms with Crippen LogP contribution in [0.2, 0.25) is 0 Å². The van der Waals surface area contributed by atoms with E-state index in [9.17, 15) is 18.0 Å². The van der Waals surface area contributed by atoms with Crippen molar-refractivity contribution in [1.29, 1.82) is 0 Å². The summed E-state index contributed by atoms with van der Waals surface area (Å²) in [5.74, 6) is -0.582. The Labute approximate surface area is 116 Å². The number of imidazole rings is 1. The van der Waals surface area contributed by atoms with E-state index in [1.807, 2.05) is 0 Å². The Kier molecular flexibility index (Phi) is 3.59. The fraction of sp³-hybridized carbons (Fsp3) is 0.364. The van der Waals surface area contributed by atoms with E-state index >= 15 is 0 Å². The molecule has 0 aliphatic carbocycles. The van der Waals surface area contributed by atoms with Gasteiger partial charge in [-0.05, 0) is 13.0 Å². The van der Waals surface area contributed by atoms with Gasteiger partial charge in [0.15, 0.2) is 11.3 Å².